The Morgan fingerprint density at radius 2 is 1.71 bits per heavy atom. The fourth-order valence-corrected chi connectivity index (χ4v) is 4.68. The van der Waals surface area contributed by atoms with E-state index in [0.29, 0.717) is 5.92 Å². The second-order valence-corrected chi connectivity index (χ2v) is 7.35. The van der Waals surface area contributed by atoms with E-state index in [9.17, 15) is 14.7 Å². The molecule has 0 aromatic heterocycles. The van der Waals surface area contributed by atoms with Crippen LogP contribution in [0, 0.1) is 35.5 Å². The zero-order chi connectivity index (χ0) is 15.1. The Kier molecular flexibility index (Phi) is 3.80. The van der Waals surface area contributed by atoms with Crippen LogP contribution in [0.15, 0.2) is 12.2 Å². The summed E-state index contributed by atoms with van der Waals surface area (Å²) < 4.78 is 0. The van der Waals surface area contributed by atoms with Crippen LogP contribution in [0.3, 0.4) is 0 Å². The summed E-state index contributed by atoms with van der Waals surface area (Å²) in [5.41, 5.74) is 0. The van der Waals surface area contributed by atoms with Gasteiger partial charge in [0.15, 0.2) is 0 Å². The summed E-state index contributed by atoms with van der Waals surface area (Å²) in [4.78, 5) is 24.1. The number of rotatable bonds is 3. The fourth-order valence-electron chi connectivity index (χ4n) is 4.68. The first-order valence-corrected chi connectivity index (χ1v) is 8.19. The average molecular weight is 291 g/mol. The van der Waals surface area contributed by atoms with Crippen molar-refractivity contribution in [2.75, 3.05) is 0 Å². The number of carboxylic acid groups (broad SMARTS) is 1. The minimum atomic E-state index is -0.822. The minimum Gasteiger partial charge on any atom is -0.481 e. The number of amides is 1. The molecule has 0 saturated heterocycles. The second kappa shape index (κ2) is 5.47. The van der Waals surface area contributed by atoms with Gasteiger partial charge in [-0.15, -0.1) is 0 Å². The van der Waals surface area contributed by atoms with Crippen molar-refractivity contribution in [2.24, 2.45) is 35.5 Å². The van der Waals surface area contributed by atoms with Gasteiger partial charge in [-0.1, -0.05) is 26.0 Å². The molecule has 4 nitrogen and oxygen atoms in total. The molecule has 4 heteroatoms. The first kappa shape index (κ1) is 14.6. The number of carbonyl (C=O) groups excluding carboxylic acids is 1. The smallest absolute Gasteiger partial charge is 0.307 e. The van der Waals surface area contributed by atoms with Gasteiger partial charge in [0.25, 0.3) is 0 Å². The molecule has 3 aliphatic rings. The molecule has 0 spiro atoms. The Morgan fingerprint density at radius 3 is 2.33 bits per heavy atom. The molecule has 116 valence electrons. The Hall–Kier alpha value is -1.32. The SMILES string of the molecule is CC1CCC(NC(=O)[C@H]2C3C=CC(C3)[C@H]2C(=O)O)C(C)C1. The predicted molar refractivity (Wildman–Crippen MR) is 79.5 cm³/mol. The third kappa shape index (κ3) is 2.60. The molecule has 7 atom stereocenters. The van der Waals surface area contributed by atoms with Crippen LogP contribution in [0.5, 0.6) is 0 Å². The van der Waals surface area contributed by atoms with E-state index in [1.54, 1.807) is 0 Å². The number of carboxylic acids is 1. The maximum absolute atomic E-state index is 12.6. The predicted octanol–water partition coefficient (Wildman–Crippen LogP) is 2.45. The van der Waals surface area contributed by atoms with Crippen LogP contribution in [0.25, 0.3) is 0 Å². The van der Waals surface area contributed by atoms with Crippen LogP contribution in [-0.4, -0.2) is 23.0 Å². The zero-order valence-electron chi connectivity index (χ0n) is 12.8. The molecule has 0 aromatic carbocycles. The number of hydrogen-bond acceptors (Lipinski definition) is 2. The lowest BCUT2D eigenvalue weighted by molar-refractivity contribution is -0.148. The van der Waals surface area contributed by atoms with Gasteiger partial charge in [0.2, 0.25) is 5.91 Å². The quantitative estimate of drug-likeness (QED) is 0.785. The number of allylic oxidation sites excluding steroid dienone is 2. The van der Waals surface area contributed by atoms with Crippen LogP contribution in [0.4, 0.5) is 0 Å². The first-order chi connectivity index (χ1) is 9.97. The van der Waals surface area contributed by atoms with Crippen molar-refractivity contribution in [3.05, 3.63) is 12.2 Å². The van der Waals surface area contributed by atoms with Crippen LogP contribution < -0.4 is 5.32 Å². The van der Waals surface area contributed by atoms with Crippen LogP contribution in [0.2, 0.25) is 0 Å². The number of carbonyl (C=O) groups is 2. The summed E-state index contributed by atoms with van der Waals surface area (Å²) in [5.74, 6) is -0.383. The monoisotopic (exact) mass is 291 g/mol. The molecule has 0 heterocycles. The highest BCUT2D eigenvalue weighted by Gasteiger charge is 2.52. The standard InChI is InChI=1S/C17H25NO3/c1-9-3-6-13(10(2)7-9)18-16(19)14-11-4-5-12(8-11)15(14)17(20)21/h4-5,9-15H,3,6-8H2,1-2H3,(H,18,19)(H,20,21)/t9?,10?,11?,12?,13?,14-,15+/m0/s1. The van der Waals surface area contributed by atoms with Crippen molar-refractivity contribution in [3.8, 4) is 0 Å². The van der Waals surface area contributed by atoms with Gasteiger partial charge in [-0.3, -0.25) is 9.59 Å². The molecule has 3 rings (SSSR count). The summed E-state index contributed by atoms with van der Waals surface area (Å²) in [7, 11) is 0. The lowest BCUT2D eigenvalue weighted by Crippen LogP contribution is -2.48. The van der Waals surface area contributed by atoms with Crippen molar-refractivity contribution >= 4 is 11.9 Å². The van der Waals surface area contributed by atoms with Crippen LogP contribution >= 0.6 is 0 Å². The second-order valence-electron chi connectivity index (χ2n) is 7.35. The van der Waals surface area contributed by atoms with Gasteiger partial charge in [0.05, 0.1) is 11.8 Å². The molecule has 2 bridgehead atoms. The maximum Gasteiger partial charge on any atom is 0.307 e. The molecule has 2 N–H and O–H groups in total. The van der Waals surface area contributed by atoms with E-state index >= 15 is 0 Å². The van der Waals surface area contributed by atoms with E-state index in [0.717, 1.165) is 31.6 Å². The van der Waals surface area contributed by atoms with Crippen LogP contribution in [0.1, 0.15) is 39.5 Å². The summed E-state index contributed by atoms with van der Waals surface area (Å²) in [6, 6.07) is 0.214. The maximum atomic E-state index is 12.6. The average Bonchev–Trinajstić information content (AvgIpc) is 3.02. The summed E-state index contributed by atoms with van der Waals surface area (Å²) >= 11 is 0. The highest BCUT2D eigenvalue weighted by atomic mass is 16.4. The molecule has 3 aliphatic carbocycles. The third-order valence-electron chi connectivity index (χ3n) is 5.81. The van der Waals surface area contributed by atoms with E-state index < -0.39 is 11.9 Å². The van der Waals surface area contributed by atoms with E-state index in [2.05, 4.69) is 19.2 Å². The Morgan fingerprint density at radius 1 is 1.05 bits per heavy atom. The van der Waals surface area contributed by atoms with E-state index in [1.165, 1.54) is 0 Å². The summed E-state index contributed by atoms with van der Waals surface area (Å²) in [6.07, 6.45) is 8.16. The number of hydrogen-bond donors (Lipinski definition) is 2. The third-order valence-corrected chi connectivity index (χ3v) is 5.81. The Labute approximate surface area is 126 Å². The van der Waals surface area contributed by atoms with Gasteiger partial charge in [0, 0.05) is 6.04 Å². The molecule has 0 radical (unpaired) electrons. The topological polar surface area (TPSA) is 66.4 Å². The lowest BCUT2D eigenvalue weighted by Gasteiger charge is -2.35. The number of fused-ring (bicyclic) bond motifs is 2. The highest BCUT2D eigenvalue weighted by molar-refractivity contribution is 5.87. The van der Waals surface area contributed by atoms with E-state index in [-0.39, 0.29) is 29.7 Å². The van der Waals surface area contributed by atoms with Crippen molar-refractivity contribution < 1.29 is 14.7 Å². The number of aliphatic carboxylic acids is 1. The van der Waals surface area contributed by atoms with Gasteiger partial charge in [-0.05, 0) is 49.4 Å². The molecule has 21 heavy (non-hydrogen) atoms. The van der Waals surface area contributed by atoms with Crippen molar-refractivity contribution in [2.45, 2.75) is 45.6 Å². The number of nitrogens with one attached hydrogen (secondary N) is 1. The minimum absolute atomic E-state index is 0.0364. The van der Waals surface area contributed by atoms with Gasteiger partial charge in [-0.2, -0.15) is 0 Å². The summed E-state index contributed by atoms with van der Waals surface area (Å²) in [5, 5.41) is 12.6. The molecular formula is C17H25NO3. The molecule has 2 fully saturated rings. The molecule has 1 amide bonds. The zero-order valence-corrected chi connectivity index (χ0v) is 12.8. The van der Waals surface area contributed by atoms with Crippen LogP contribution in [-0.2, 0) is 9.59 Å². The van der Waals surface area contributed by atoms with Crippen molar-refractivity contribution in [3.63, 3.8) is 0 Å². The highest BCUT2D eigenvalue weighted by Crippen LogP contribution is 2.48. The normalized spacial score (nSPS) is 44.8. The molecular weight excluding hydrogens is 266 g/mol. The first-order valence-electron chi connectivity index (χ1n) is 8.19. The Balaban J connectivity index is 1.68. The largest absolute Gasteiger partial charge is 0.481 e. The summed E-state index contributed by atoms with van der Waals surface area (Å²) in [6.45, 7) is 4.45. The van der Waals surface area contributed by atoms with Gasteiger partial charge in [0.1, 0.15) is 0 Å². The van der Waals surface area contributed by atoms with Gasteiger partial charge >= 0.3 is 5.97 Å². The van der Waals surface area contributed by atoms with Gasteiger partial charge in [-0.25, -0.2) is 0 Å². The fraction of sp³-hybridized carbons (Fsp3) is 0.765. The van der Waals surface area contributed by atoms with Crippen molar-refractivity contribution in [1.82, 2.24) is 5.32 Å². The van der Waals surface area contributed by atoms with E-state index in [1.807, 2.05) is 12.2 Å². The van der Waals surface area contributed by atoms with Crippen molar-refractivity contribution in [1.29, 1.82) is 0 Å². The molecule has 2 saturated carbocycles. The Bertz CT molecular complexity index is 473. The lowest BCUT2D eigenvalue weighted by atomic mass is 9.78. The molecule has 5 unspecified atom stereocenters. The van der Waals surface area contributed by atoms with E-state index in [4.69, 9.17) is 0 Å². The van der Waals surface area contributed by atoms with Gasteiger partial charge < -0.3 is 10.4 Å². The molecule has 0 aliphatic heterocycles. The molecule has 0 aromatic rings.